The van der Waals surface area contributed by atoms with E-state index in [1.165, 1.54) is 7.11 Å². The third kappa shape index (κ3) is 3.73. The molecule has 1 heterocycles. The average molecular weight is 414 g/mol. The predicted molar refractivity (Wildman–Crippen MR) is 119 cm³/mol. The second-order valence-corrected chi connectivity index (χ2v) is 7.14. The second kappa shape index (κ2) is 8.31. The zero-order valence-electron chi connectivity index (χ0n) is 17.2. The monoisotopic (exact) mass is 414 g/mol. The summed E-state index contributed by atoms with van der Waals surface area (Å²) in [6, 6.07) is 21.0. The molecule has 3 aromatic carbocycles. The fourth-order valence-electron chi connectivity index (χ4n) is 3.75. The maximum atomic E-state index is 12.3. The third-order valence-electron chi connectivity index (χ3n) is 5.28. The van der Waals surface area contributed by atoms with Crippen molar-refractivity contribution in [3.63, 3.8) is 0 Å². The lowest BCUT2D eigenvalue weighted by Crippen LogP contribution is -2.14. The predicted octanol–water partition coefficient (Wildman–Crippen LogP) is 3.94. The molecular weight excluding hydrogens is 392 g/mol. The Bertz CT molecular complexity index is 1290. The van der Waals surface area contributed by atoms with E-state index in [0.717, 1.165) is 33.5 Å². The Morgan fingerprint density at radius 1 is 1.06 bits per heavy atom. The van der Waals surface area contributed by atoms with Gasteiger partial charge in [-0.05, 0) is 35.7 Å². The van der Waals surface area contributed by atoms with Crippen molar-refractivity contribution in [2.75, 3.05) is 7.11 Å². The lowest BCUT2D eigenvalue weighted by atomic mass is 9.98. The van der Waals surface area contributed by atoms with E-state index < -0.39 is 0 Å². The summed E-state index contributed by atoms with van der Waals surface area (Å²) in [5.41, 5.74) is 11.4. The van der Waals surface area contributed by atoms with Gasteiger partial charge in [0, 0.05) is 12.1 Å². The smallest absolute Gasteiger partial charge is 0.340 e. The van der Waals surface area contributed by atoms with E-state index in [0.29, 0.717) is 17.7 Å². The Labute approximate surface area is 179 Å². The molecule has 156 valence electrons. The van der Waals surface area contributed by atoms with Crippen LogP contribution in [0.1, 0.15) is 27.3 Å². The molecule has 0 amide bonds. The third-order valence-corrected chi connectivity index (χ3v) is 5.28. The van der Waals surface area contributed by atoms with E-state index in [4.69, 9.17) is 15.7 Å². The maximum Gasteiger partial charge on any atom is 0.340 e. The number of hydrogen-bond donors (Lipinski definition) is 2. The van der Waals surface area contributed by atoms with Crippen molar-refractivity contribution in [3.05, 3.63) is 89.2 Å². The van der Waals surface area contributed by atoms with Gasteiger partial charge in [-0.1, -0.05) is 59.8 Å². The molecule has 0 saturated carbocycles. The summed E-state index contributed by atoms with van der Waals surface area (Å²) in [5.74, 6) is 0.491. The zero-order valence-corrected chi connectivity index (χ0v) is 17.2. The van der Waals surface area contributed by atoms with Crippen molar-refractivity contribution in [1.82, 2.24) is 9.55 Å². The fraction of sp³-hybridized carbons (Fsp3) is 0.125. The van der Waals surface area contributed by atoms with Gasteiger partial charge >= 0.3 is 5.97 Å². The van der Waals surface area contributed by atoms with Crippen LogP contribution < -0.4 is 5.73 Å². The standard InChI is InChI=1S/C24H22N4O3/c1-15-26-21-9-5-8-20(24(29)31-2)22(21)28(15)14-16-10-12-17(13-11-16)18-6-3-4-7-19(18)23(25)27-30/h3-13,30H,14H2,1-2H3,(H2,25,27). The van der Waals surface area contributed by atoms with Gasteiger partial charge in [-0.25, -0.2) is 9.78 Å². The first-order valence-corrected chi connectivity index (χ1v) is 9.74. The van der Waals surface area contributed by atoms with E-state index in [1.807, 2.05) is 66.1 Å². The molecule has 0 radical (unpaired) electrons. The summed E-state index contributed by atoms with van der Waals surface area (Å²) in [4.78, 5) is 16.9. The van der Waals surface area contributed by atoms with Gasteiger partial charge in [0.25, 0.3) is 0 Å². The number of aryl methyl sites for hydroxylation is 1. The molecule has 3 N–H and O–H groups in total. The van der Waals surface area contributed by atoms with Gasteiger partial charge < -0.3 is 20.2 Å². The van der Waals surface area contributed by atoms with Crippen LogP contribution in [0.3, 0.4) is 0 Å². The van der Waals surface area contributed by atoms with E-state index >= 15 is 0 Å². The Morgan fingerprint density at radius 2 is 1.77 bits per heavy atom. The van der Waals surface area contributed by atoms with Crippen LogP contribution in [-0.2, 0) is 11.3 Å². The minimum atomic E-state index is -0.387. The fourth-order valence-corrected chi connectivity index (χ4v) is 3.75. The van der Waals surface area contributed by atoms with E-state index in [-0.39, 0.29) is 11.8 Å². The van der Waals surface area contributed by atoms with Crippen LogP contribution in [-0.4, -0.2) is 33.7 Å². The number of para-hydroxylation sites is 1. The topological polar surface area (TPSA) is 103 Å². The number of hydrogen-bond acceptors (Lipinski definition) is 5. The quantitative estimate of drug-likeness (QED) is 0.169. The largest absolute Gasteiger partial charge is 0.465 e. The van der Waals surface area contributed by atoms with Crippen LogP contribution in [0.2, 0.25) is 0 Å². The van der Waals surface area contributed by atoms with E-state index in [1.54, 1.807) is 12.1 Å². The molecule has 4 rings (SSSR count). The SMILES string of the molecule is COC(=O)c1cccc2nc(C)n(Cc3ccc(-c4ccccc4/C(N)=N\O)cc3)c12. The number of oxime groups is 1. The number of esters is 1. The zero-order chi connectivity index (χ0) is 22.0. The molecule has 31 heavy (non-hydrogen) atoms. The van der Waals surface area contributed by atoms with Gasteiger partial charge in [0.15, 0.2) is 5.84 Å². The van der Waals surface area contributed by atoms with Gasteiger partial charge in [-0.15, -0.1) is 0 Å². The van der Waals surface area contributed by atoms with Crippen molar-refractivity contribution in [2.24, 2.45) is 10.9 Å². The minimum absolute atomic E-state index is 0.0653. The van der Waals surface area contributed by atoms with Crippen molar-refractivity contribution in [1.29, 1.82) is 0 Å². The molecule has 0 aliphatic carbocycles. The van der Waals surface area contributed by atoms with Crippen LogP contribution >= 0.6 is 0 Å². The molecule has 0 unspecified atom stereocenters. The van der Waals surface area contributed by atoms with Crippen LogP contribution in [0.15, 0.2) is 71.9 Å². The molecule has 7 nitrogen and oxygen atoms in total. The molecule has 0 atom stereocenters. The highest BCUT2D eigenvalue weighted by atomic mass is 16.5. The van der Waals surface area contributed by atoms with E-state index in [9.17, 15) is 4.79 Å². The minimum Gasteiger partial charge on any atom is -0.465 e. The summed E-state index contributed by atoms with van der Waals surface area (Å²) >= 11 is 0. The van der Waals surface area contributed by atoms with Crippen LogP contribution in [0.4, 0.5) is 0 Å². The Morgan fingerprint density at radius 3 is 2.48 bits per heavy atom. The molecule has 0 spiro atoms. The van der Waals surface area contributed by atoms with Crippen molar-refractivity contribution in [2.45, 2.75) is 13.5 Å². The molecule has 0 saturated heterocycles. The number of rotatable bonds is 5. The number of fused-ring (bicyclic) bond motifs is 1. The molecule has 0 fully saturated rings. The van der Waals surface area contributed by atoms with Crippen molar-refractivity contribution < 1.29 is 14.7 Å². The number of methoxy groups -OCH3 is 1. The van der Waals surface area contributed by atoms with Crippen molar-refractivity contribution >= 4 is 22.8 Å². The Kier molecular flexibility index (Phi) is 5.41. The first-order valence-electron chi connectivity index (χ1n) is 9.74. The van der Waals surface area contributed by atoms with Gasteiger partial charge in [-0.3, -0.25) is 0 Å². The number of aromatic nitrogens is 2. The maximum absolute atomic E-state index is 12.3. The Hall–Kier alpha value is -4.13. The van der Waals surface area contributed by atoms with Gasteiger partial charge in [-0.2, -0.15) is 0 Å². The highest BCUT2D eigenvalue weighted by Crippen LogP contribution is 2.26. The van der Waals surface area contributed by atoms with Crippen molar-refractivity contribution in [3.8, 4) is 11.1 Å². The highest BCUT2D eigenvalue weighted by molar-refractivity contribution is 6.03. The number of nitrogens with zero attached hydrogens (tertiary/aromatic N) is 3. The molecule has 1 aromatic heterocycles. The van der Waals surface area contributed by atoms with Crippen LogP contribution in [0.25, 0.3) is 22.2 Å². The summed E-state index contributed by atoms with van der Waals surface area (Å²) < 4.78 is 6.96. The number of amidine groups is 1. The van der Waals surface area contributed by atoms with Crippen LogP contribution in [0, 0.1) is 6.92 Å². The van der Waals surface area contributed by atoms with Gasteiger partial charge in [0.05, 0.1) is 23.7 Å². The molecule has 0 bridgehead atoms. The van der Waals surface area contributed by atoms with Gasteiger partial charge in [0.2, 0.25) is 0 Å². The first-order chi connectivity index (χ1) is 15.0. The lowest BCUT2D eigenvalue weighted by Gasteiger charge is -2.12. The molecule has 4 aromatic rings. The number of ether oxygens (including phenoxy) is 1. The lowest BCUT2D eigenvalue weighted by molar-refractivity contribution is 0.0602. The van der Waals surface area contributed by atoms with Crippen LogP contribution in [0.5, 0.6) is 0 Å². The normalized spacial score (nSPS) is 11.6. The highest BCUT2D eigenvalue weighted by Gasteiger charge is 2.17. The Balaban J connectivity index is 1.71. The summed E-state index contributed by atoms with van der Waals surface area (Å²) in [5, 5.41) is 12.2. The molecular formula is C24H22N4O3. The molecule has 7 heteroatoms. The first kappa shape index (κ1) is 20.2. The number of benzene rings is 3. The van der Waals surface area contributed by atoms with E-state index in [2.05, 4.69) is 10.1 Å². The summed E-state index contributed by atoms with van der Waals surface area (Å²) in [6.07, 6.45) is 0. The molecule has 0 aliphatic rings. The number of carbonyl (C=O) groups excluding carboxylic acids is 1. The number of carbonyl (C=O) groups is 1. The van der Waals surface area contributed by atoms with Gasteiger partial charge in [0.1, 0.15) is 5.82 Å². The summed E-state index contributed by atoms with van der Waals surface area (Å²) in [7, 11) is 1.37. The average Bonchev–Trinajstić information content (AvgIpc) is 3.13. The summed E-state index contributed by atoms with van der Waals surface area (Å²) in [6.45, 7) is 2.47. The second-order valence-electron chi connectivity index (χ2n) is 7.14. The number of imidazole rings is 1. The number of nitrogens with two attached hydrogens (primary N) is 1. The molecule has 0 aliphatic heterocycles.